The fraction of sp³-hybridized carbons (Fsp3) is 0.500. The number of nitrogens with one attached hydrogen (secondary N) is 1. The van der Waals surface area contributed by atoms with Crippen molar-refractivity contribution in [2.24, 2.45) is 5.92 Å². The van der Waals surface area contributed by atoms with E-state index in [0.29, 0.717) is 17.5 Å². The molecule has 0 unspecified atom stereocenters. The van der Waals surface area contributed by atoms with Crippen molar-refractivity contribution in [3.8, 4) is 0 Å². The van der Waals surface area contributed by atoms with Crippen LogP contribution in [0.4, 0.5) is 5.13 Å². The molecule has 128 valence electrons. The molecule has 1 amide bonds. The summed E-state index contributed by atoms with van der Waals surface area (Å²) < 4.78 is 6.08. The molecule has 0 spiro atoms. The van der Waals surface area contributed by atoms with Crippen LogP contribution in [-0.4, -0.2) is 23.5 Å². The Hall–Kier alpha value is -1.95. The SMILES string of the molecule is O=C(COC(=O)CCC1CCCCC1)Nc1nc2ccccc2s1. The summed E-state index contributed by atoms with van der Waals surface area (Å²) in [5.41, 5.74) is 0.849. The molecule has 5 nitrogen and oxygen atoms in total. The van der Waals surface area contributed by atoms with Crippen LogP contribution < -0.4 is 5.32 Å². The Balaban J connectivity index is 1.39. The number of rotatable bonds is 6. The van der Waals surface area contributed by atoms with Gasteiger partial charge in [-0.2, -0.15) is 0 Å². The molecule has 0 atom stereocenters. The number of hydrogen-bond donors (Lipinski definition) is 1. The monoisotopic (exact) mass is 346 g/mol. The number of hydrogen-bond acceptors (Lipinski definition) is 5. The summed E-state index contributed by atoms with van der Waals surface area (Å²) in [7, 11) is 0. The van der Waals surface area contributed by atoms with E-state index >= 15 is 0 Å². The van der Waals surface area contributed by atoms with Gasteiger partial charge in [0.2, 0.25) is 0 Å². The van der Waals surface area contributed by atoms with Gasteiger partial charge in [0.05, 0.1) is 10.2 Å². The molecular weight excluding hydrogens is 324 g/mol. The van der Waals surface area contributed by atoms with E-state index in [9.17, 15) is 9.59 Å². The number of thiazole rings is 1. The number of aromatic nitrogens is 1. The Morgan fingerprint density at radius 1 is 1.21 bits per heavy atom. The zero-order valence-corrected chi connectivity index (χ0v) is 14.4. The maximum absolute atomic E-state index is 11.9. The fourth-order valence-electron chi connectivity index (χ4n) is 3.10. The van der Waals surface area contributed by atoms with E-state index in [0.717, 1.165) is 16.6 Å². The molecule has 1 aromatic carbocycles. The Morgan fingerprint density at radius 2 is 2.00 bits per heavy atom. The molecule has 1 aliphatic carbocycles. The number of esters is 1. The Bertz CT molecular complexity index is 674. The van der Waals surface area contributed by atoms with Gasteiger partial charge in [-0.1, -0.05) is 55.6 Å². The second-order valence-corrected chi connectivity index (χ2v) is 7.27. The number of nitrogens with zero attached hydrogens (tertiary/aromatic N) is 1. The van der Waals surface area contributed by atoms with Crippen molar-refractivity contribution in [3.05, 3.63) is 24.3 Å². The van der Waals surface area contributed by atoms with Crippen molar-refractivity contribution in [2.45, 2.75) is 44.9 Å². The molecule has 1 heterocycles. The first-order chi connectivity index (χ1) is 11.7. The third-order valence-corrected chi connectivity index (χ3v) is 5.34. The normalized spacial score (nSPS) is 15.3. The van der Waals surface area contributed by atoms with Crippen molar-refractivity contribution in [1.82, 2.24) is 4.98 Å². The maximum atomic E-state index is 11.9. The summed E-state index contributed by atoms with van der Waals surface area (Å²) in [6.07, 6.45) is 7.55. The number of carbonyl (C=O) groups excluding carboxylic acids is 2. The lowest BCUT2D eigenvalue weighted by atomic mass is 9.86. The van der Waals surface area contributed by atoms with Crippen LogP contribution >= 0.6 is 11.3 Å². The lowest BCUT2D eigenvalue weighted by Crippen LogP contribution is -2.21. The van der Waals surface area contributed by atoms with E-state index in [1.165, 1.54) is 43.4 Å². The van der Waals surface area contributed by atoms with Crippen molar-refractivity contribution in [1.29, 1.82) is 0 Å². The van der Waals surface area contributed by atoms with E-state index in [1.807, 2.05) is 24.3 Å². The number of para-hydroxylation sites is 1. The van der Waals surface area contributed by atoms with Crippen molar-refractivity contribution >= 4 is 38.6 Å². The van der Waals surface area contributed by atoms with Gasteiger partial charge in [-0.15, -0.1) is 0 Å². The molecule has 24 heavy (non-hydrogen) atoms. The molecule has 2 aromatic rings. The van der Waals surface area contributed by atoms with Crippen LogP contribution in [-0.2, 0) is 14.3 Å². The van der Waals surface area contributed by atoms with Crippen LogP contribution in [0.1, 0.15) is 44.9 Å². The lowest BCUT2D eigenvalue weighted by molar-refractivity contribution is -0.147. The third kappa shape index (κ3) is 4.77. The molecule has 0 bridgehead atoms. The highest BCUT2D eigenvalue weighted by Gasteiger charge is 2.16. The van der Waals surface area contributed by atoms with Gasteiger partial charge in [-0.25, -0.2) is 4.98 Å². The molecular formula is C18H22N2O3S. The number of benzene rings is 1. The predicted molar refractivity (Wildman–Crippen MR) is 95.0 cm³/mol. The van der Waals surface area contributed by atoms with Gasteiger partial charge >= 0.3 is 5.97 Å². The van der Waals surface area contributed by atoms with E-state index in [-0.39, 0.29) is 18.5 Å². The first-order valence-electron chi connectivity index (χ1n) is 8.52. The van der Waals surface area contributed by atoms with Gasteiger partial charge in [-0.3, -0.25) is 14.9 Å². The average molecular weight is 346 g/mol. The molecule has 0 aliphatic heterocycles. The first-order valence-corrected chi connectivity index (χ1v) is 9.33. The second-order valence-electron chi connectivity index (χ2n) is 6.24. The zero-order valence-electron chi connectivity index (χ0n) is 13.6. The van der Waals surface area contributed by atoms with E-state index in [1.54, 1.807) is 0 Å². The minimum atomic E-state index is -0.347. The Morgan fingerprint density at radius 3 is 2.79 bits per heavy atom. The highest BCUT2D eigenvalue weighted by molar-refractivity contribution is 7.22. The minimum absolute atomic E-state index is 0.251. The number of ether oxygens (including phenoxy) is 1. The molecule has 1 saturated carbocycles. The second kappa shape index (κ2) is 8.24. The van der Waals surface area contributed by atoms with Crippen LogP contribution in [0.25, 0.3) is 10.2 Å². The standard InChI is InChI=1S/C18H22N2O3S/c21-16(20-18-19-14-8-4-5-9-15(14)24-18)12-23-17(22)11-10-13-6-2-1-3-7-13/h4-5,8-9,13H,1-3,6-7,10-12H2,(H,19,20,21). The van der Waals surface area contributed by atoms with E-state index < -0.39 is 0 Å². The van der Waals surface area contributed by atoms with Gasteiger partial charge in [0, 0.05) is 6.42 Å². The molecule has 1 N–H and O–H groups in total. The van der Waals surface area contributed by atoms with Crippen molar-refractivity contribution in [3.63, 3.8) is 0 Å². The van der Waals surface area contributed by atoms with Crippen LogP contribution in [0.3, 0.4) is 0 Å². The molecule has 1 aromatic heterocycles. The van der Waals surface area contributed by atoms with Crippen molar-refractivity contribution < 1.29 is 14.3 Å². The number of amides is 1. The van der Waals surface area contributed by atoms with Crippen LogP contribution in [0.15, 0.2) is 24.3 Å². The molecule has 1 fully saturated rings. The summed E-state index contributed by atoms with van der Waals surface area (Å²) in [5, 5.41) is 3.21. The Labute approximate surface area is 145 Å². The van der Waals surface area contributed by atoms with Crippen molar-refractivity contribution in [2.75, 3.05) is 11.9 Å². The molecule has 1 aliphatic rings. The maximum Gasteiger partial charge on any atom is 0.306 e. The van der Waals surface area contributed by atoms with E-state index in [4.69, 9.17) is 4.74 Å². The predicted octanol–water partition coefficient (Wildman–Crippen LogP) is 4.14. The quantitative estimate of drug-likeness (QED) is 0.798. The Kier molecular flexibility index (Phi) is 5.80. The molecule has 0 saturated heterocycles. The lowest BCUT2D eigenvalue weighted by Gasteiger charge is -2.20. The first kappa shape index (κ1) is 16.9. The topological polar surface area (TPSA) is 68.3 Å². The fourth-order valence-corrected chi connectivity index (χ4v) is 3.98. The summed E-state index contributed by atoms with van der Waals surface area (Å²) in [4.78, 5) is 28.0. The van der Waals surface area contributed by atoms with Gasteiger partial charge < -0.3 is 4.74 Å². The van der Waals surface area contributed by atoms with Crippen LogP contribution in [0, 0.1) is 5.92 Å². The van der Waals surface area contributed by atoms with Gasteiger partial charge in [-0.05, 0) is 24.5 Å². The summed E-state index contributed by atoms with van der Waals surface area (Å²) >= 11 is 1.41. The number of anilines is 1. The van der Waals surface area contributed by atoms with E-state index in [2.05, 4.69) is 10.3 Å². The summed E-state index contributed by atoms with van der Waals surface area (Å²) in [6.45, 7) is -0.251. The largest absolute Gasteiger partial charge is 0.456 e. The van der Waals surface area contributed by atoms with Gasteiger partial charge in [0.15, 0.2) is 11.7 Å². The summed E-state index contributed by atoms with van der Waals surface area (Å²) in [6, 6.07) is 7.68. The number of fused-ring (bicyclic) bond motifs is 1. The highest BCUT2D eigenvalue weighted by Crippen LogP contribution is 2.27. The van der Waals surface area contributed by atoms with Crippen LogP contribution in [0.5, 0.6) is 0 Å². The molecule has 3 rings (SSSR count). The summed E-state index contributed by atoms with van der Waals surface area (Å²) in [5.74, 6) is 0.00275. The van der Waals surface area contributed by atoms with Gasteiger partial charge in [0.1, 0.15) is 0 Å². The zero-order chi connectivity index (χ0) is 16.8. The smallest absolute Gasteiger partial charge is 0.306 e. The van der Waals surface area contributed by atoms with Crippen LogP contribution in [0.2, 0.25) is 0 Å². The molecule has 6 heteroatoms. The minimum Gasteiger partial charge on any atom is -0.456 e. The highest BCUT2D eigenvalue weighted by atomic mass is 32.1. The third-order valence-electron chi connectivity index (χ3n) is 4.39. The van der Waals surface area contributed by atoms with Gasteiger partial charge in [0.25, 0.3) is 5.91 Å². The average Bonchev–Trinajstić information content (AvgIpc) is 3.01. The number of carbonyl (C=O) groups is 2. The molecule has 0 radical (unpaired) electrons.